The zero-order chi connectivity index (χ0) is 17.5. The van der Waals surface area contributed by atoms with Crippen molar-refractivity contribution in [3.05, 3.63) is 54.1 Å². The molecule has 3 rings (SSSR count). The molecular formula is C18H22N4O3. The van der Waals surface area contributed by atoms with Crippen LogP contribution in [0.15, 0.2) is 42.9 Å². The highest BCUT2D eigenvalue weighted by molar-refractivity contribution is 5.91. The van der Waals surface area contributed by atoms with Gasteiger partial charge >= 0.3 is 6.09 Å². The Hall–Kier alpha value is -2.83. The minimum atomic E-state index is -0.274. The predicted molar refractivity (Wildman–Crippen MR) is 91.8 cm³/mol. The molecule has 7 nitrogen and oxygen atoms in total. The van der Waals surface area contributed by atoms with Gasteiger partial charge in [-0.05, 0) is 24.3 Å². The molecule has 0 bridgehead atoms. The molecule has 0 atom stereocenters. The smallest absolute Gasteiger partial charge is 0.410 e. The van der Waals surface area contributed by atoms with Gasteiger partial charge in [-0.3, -0.25) is 4.79 Å². The number of nitrogens with one attached hydrogen (secondary N) is 2. The Bertz CT molecular complexity index is 680. The second-order valence-corrected chi connectivity index (χ2v) is 6.15. The van der Waals surface area contributed by atoms with E-state index in [0.29, 0.717) is 37.9 Å². The summed E-state index contributed by atoms with van der Waals surface area (Å²) in [6.45, 7) is 2.20. The second-order valence-electron chi connectivity index (χ2n) is 6.15. The molecular weight excluding hydrogens is 320 g/mol. The Kier molecular flexibility index (Phi) is 5.66. The van der Waals surface area contributed by atoms with E-state index in [0.717, 1.165) is 18.4 Å². The molecule has 1 fully saturated rings. The summed E-state index contributed by atoms with van der Waals surface area (Å²) in [6, 6.07) is 9.64. The highest BCUT2D eigenvalue weighted by atomic mass is 16.6. The number of hydrogen-bond donors (Lipinski definition) is 2. The normalized spacial score (nSPS) is 15.0. The molecule has 2 heterocycles. The van der Waals surface area contributed by atoms with Crippen molar-refractivity contribution in [2.45, 2.75) is 19.4 Å². The van der Waals surface area contributed by atoms with Crippen LogP contribution in [0.3, 0.4) is 0 Å². The SMILES string of the molecule is O=C(NCC1CCN(C(=O)OCc2ccccc2)CC1)c1cnc[nH]1. The largest absolute Gasteiger partial charge is 0.445 e. The molecule has 1 aromatic carbocycles. The molecule has 2 N–H and O–H groups in total. The topological polar surface area (TPSA) is 87.3 Å². The Morgan fingerprint density at radius 1 is 1.24 bits per heavy atom. The van der Waals surface area contributed by atoms with Gasteiger partial charge in [0.05, 0.1) is 12.5 Å². The first-order valence-corrected chi connectivity index (χ1v) is 8.44. The number of imidazole rings is 1. The average molecular weight is 342 g/mol. The first-order chi connectivity index (χ1) is 12.2. The van der Waals surface area contributed by atoms with Gasteiger partial charge in [0, 0.05) is 19.6 Å². The zero-order valence-electron chi connectivity index (χ0n) is 14.0. The van der Waals surface area contributed by atoms with Crippen LogP contribution in [0.5, 0.6) is 0 Å². The van der Waals surface area contributed by atoms with E-state index >= 15 is 0 Å². The Morgan fingerprint density at radius 3 is 2.68 bits per heavy atom. The van der Waals surface area contributed by atoms with E-state index in [4.69, 9.17) is 4.74 Å². The first-order valence-electron chi connectivity index (χ1n) is 8.44. The van der Waals surface area contributed by atoms with Crippen molar-refractivity contribution < 1.29 is 14.3 Å². The quantitative estimate of drug-likeness (QED) is 0.872. The number of hydrogen-bond acceptors (Lipinski definition) is 4. The summed E-state index contributed by atoms with van der Waals surface area (Å²) < 4.78 is 5.36. The van der Waals surface area contributed by atoms with Crippen molar-refractivity contribution in [1.29, 1.82) is 0 Å². The van der Waals surface area contributed by atoms with Crippen LogP contribution in [0.4, 0.5) is 4.79 Å². The third kappa shape index (κ3) is 4.82. The van der Waals surface area contributed by atoms with Crippen molar-refractivity contribution in [3.8, 4) is 0 Å². The van der Waals surface area contributed by atoms with Gasteiger partial charge in [0.25, 0.3) is 5.91 Å². The maximum absolute atomic E-state index is 12.1. The van der Waals surface area contributed by atoms with E-state index in [2.05, 4.69) is 15.3 Å². The summed E-state index contributed by atoms with van der Waals surface area (Å²) in [5.74, 6) is 0.215. The number of carbonyl (C=O) groups excluding carboxylic acids is 2. The van der Waals surface area contributed by atoms with Crippen LogP contribution in [-0.2, 0) is 11.3 Å². The summed E-state index contributed by atoms with van der Waals surface area (Å²) in [4.78, 5) is 32.3. The molecule has 1 saturated heterocycles. The lowest BCUT2D eigenvalue weighted by Crippen LogP contribution is -2.41. The van der Waals surface area contributed by atoms with Crippen LogP contribution >= 0.6 is 0 Å². The number of likely N-dealkylation sites (tertiary alicyclic amines) is 1. The van der Waals surface area contributed by atoms with Crippen LogP contribution in [-0.4, -0.2) is 46.5 Å². The molecule has 0 saturated carbocycles. The molecule has 2 amide bonds. The number of rotatable bonds is 5. The number of carbonyl (C=O) groups is 2. The summed E-state index contributed by atoms with van der Waals surface area (Å²) in [6.07, 6.45) is 4.41. The van der Waals surface area contributed by atoms with Gasteiger partial charge in [0.2, 0.25) is 0 Å². The van der Waals surface area contributed by atoms with Gasteiger partial charge in [-0.25, -0.2) is 9.78 Å². The maximum atomic E-state index is 12.1. The van der Waals surface area contributed by atoms with E-state index in [-0.39, 0.29) is 12.0 Å². The van der Waals surface area contributed by atoms with Gasteiger partial charge in [-0.15, -0.1) is 0 Å². The lowest BCUT2D eigenvalue weighted by Gasteiger charge is -2.31. The predicted octanol–water partition coefficient (Wildman–Crippen LogP) is 2.19. The zero-order valence-corrected chi connectivity index (χ0v) is 14.0. The number of aromatic nitrogens is 2. The third-order valence-electron chi connectivity index (χ3n) is 4.37. The van der Waals surface area contributed by atoms with Gasteiger partial charge < -0.3 is 19.9 Å². The third-order valence-corrected chi connectivity index (χ3v) is 4.37. The molecule has 132 valence electrons. The highest BCUT2D eigenvalue weighted by Gasteiger charge is 2.24. The number of aromatic amines is 1. The molecule has 0 spiro atoms. The van der Waals surface area contributed by atoms with Gasteiger partial charge in [-0.1, -0.05) is 30.3 Å². The van der Waals surface area contributed by atoms with Crippen molar-refractivity contribution in [2.24, 2.45) is 5.92 Å². The fourth-order valence-electron chi connectivity index (χ4n) is 2.84. The number of ether oxygens (including phenoxy) is 1. The summed E-state index contributed by atoms with van der Waals surface area (Å²) in [5, 5.41) is 2.90. The minimum absolute atomic E-state index is 0.151. The number of amides is 2. The average Bonchev–Trinajstić information content (AvgIpc) is 3.20. The molecule has 7 heteroatoms. The molecule has 1 aliphatic rings. The fourth-order valence-corrected chi connectivity index (χ4v) is 2.84. The second kappa shape index (κ2) is 8.32. The Balaban J connectivity index is 1.36. The lowest BCUT2D eigenvalue weighted by molar-refractivity contribution is 0.0800. The van der Waals surface area contributed by atoms with E-state index in [1.807, 2.05) is 30.3 Å². The number of nitrogens with zero attached hydrogens (tertiary/aromatic N) is 2. The molecule has 1 aromatic heterocycles. The molecule has 0 unspecified atom stereocenters. The summed E-state index contributed by atoms with van der Waals surface area (Å²) in [7, 11) is 0. The van der Waals surface area contributed by atoms with Crippen molar-refractivity contribution in [1.82, 2.24) is 20.2 Å². The van der Waals surface area contributed by atoms with Crippen molar-refractivity contribution >= 4 is 12.0 Å². The number of benzene rings is 1. The molecule has 2 aromatic rings. The highest BCUT2D eigenvalue weighted by Crippen LogP contribution is 2.17. The minimum Gasteiger partial charge on any atom is -0.445 e. The van der Waals surface area contributed by atoms with Crippen LogP contribution in [0.2, 0.25) is 0 Å². The van der Waals surface area contributed by atoms with E-state index in [1.165, 1.54) is 12.5 Å². The van der Waals surface area contributed by atoms with Crippen LogP contribution in [0, 0.1) is 5.92 Å². The van der Waals surface area contributed by atoms with Crippen LogP contribution < -0.4 is 5.32 Å². The van der Waals surface area contributed by atoms with Gasteiger partial charge in [0.15, 0.2) is 0 Å². The number of H-pyrrole nitrogens is 1. The number of piperidine rings is 1. The van der Waals surface area contributed by atoms with E-state index < -0.39 is 0 Å². The maximum Gasteiger partial charge on any atom is 0.410 e. The van der Waals surface area contributed by atoms with Crippen LogP contribution in [0.25, 0.3) is 0 Å². The monoisotopic (exact) mass is 342 g/mol. The first kappa shape index (κ1) is 17.0. The molecule has 0 radical (unpaired) electrons. The standard InChI is InChI=1S/C18H22N4O3/c23-17(16-11-19-13-21-16)20-10-14-6-8-22(9-7-14)18(24)25-12-15-4-2-1-3-5-15/h1-5,11,13-14H,6-10,12H2,(H,19,21)(H,20,23). The summed E-state index contributed by atoms with van der Waals surface area (Å²) in [5.41, 5.74) is 1.44. The van der Waals surface area contributed by atoms with E-state index in [1.54, 1.807) is 4.90 Å². The molecule has 0 aliphatic carbocycles. The van der Waals surface area contributed by atoms with Crippen molar-refractivity contribution in [3.63, 3.8) is 0 Å². The van der Waals surface area contributed by atoms with Crippen molar-refractivity contribution in [2.75, 3.05) is 19.6 Å². The van der Waals surface area contributed by atoms with Gasteiger partial charge in [0.1, 0.15) is 12.3 Å². The fraction of sp³-hybridized carbons (Fsp3) is 0.389. The Morgan fingerprint density at radius 2 is 2.00 bits per heavy atom. The Labute approximate surface area is 146 Å². The van der Waals surface area contributed by atoms with Gasteiger partial charge in [-0.2, -0.15) is 0 Å². The molecule has 1 aliphatic heterocycles. The summed E-state index contributed by atoms with van der Waals surface area (Å²) >= 11 is 0. The molecule has 25 heavy (non-hydrogen) atoms. The van der Waals surface area contributed by atoms with Crippen LogP contribution in [0.1, 0.15) is 28.9 Å². The van der Waals surface area contributed by atoms with E-state index in [9.17, 15) is 9.59 Å². The lowest BCUT2D eigenvalue weighted by atomic mass is 9.97.